The van der Waals surface area contributed by atoms with E-state index >= 15 is 0 Å². The third-order valence-electron chi connectivity index (χ3n) is 3.67. The van der Waals surface area contributed by atoms with Crippen LogP contribution in [0.25, 0.3) is 0 Å². The zero-order valence-corrected chi connectivity index (χ0v) is 15.3. The quantitative estimate of drug-likeness (QED) is 0.788. The highest BCUT2D eigenvalue weighted by Crippen LogP contribution is 2.26. The van der Waals surface area contributed by atoms with Gasteiger partial charge in [-0.1, -0.05) is 29.3 Å². The predicted molar refractivity (Wildman–Crippen MR) is 94.5 cm³/mol. The van der Waals surface area contributed by atoms with Crippen molar-refractivity contribution in [3.05, 3.63) is 33.8 Å². The Kier molecular flexibility index (Phi) is 8.46. The molecule has 0 bridgehead atoms. The maximum absolute atomic E-state index is 12.1. The summed E-state index contributed by atoms with van der Waals surface area (Å²) in [6.07, 6.45) is 3.17. The first-order valence-corrected chi connectivity index (χ1v) is 9.50. The van der Waals surface area contributed by atoms with E-state index in [1.807, 2.05) is 0 Å². The molecule has 1 fully saturated rings. The van der Waals surface area contributed by atoms with E-state index in [1.54, 1.807) is 18.2 Å². The maximum atomic E-state index is 12.1. The minimum atomic E-state index is -3.42. The molecular weight excluding hydrogens is 367 g/mol. The molecule has 22 heavy (non-hydrogen) atoms. The van der Waals surface area contributed by atoms with Gasteiger partial charge in [0.1, 0.15) is 0 Å². The average molecular weight is 388 g/mol. The summed E-state index contributed by atoms with van der Waals surface area (Å²) < 4.78 is 26.8. The highest BCUT2D eigenvalue weighted by atomic mass is 35.5. The molecule has 2 rings (SSSR count). The molecule has 8 heteroatoms. The first kappa shape index (κ1) is 20.0. The standard InChI is InChI=1S/C14H20Cl2N2O2S.ClH/c15-13-4-1-5-14(16)12(13)10-21(19,20)18-8-6-11-3-2-7-17-9-11;/h1,4-5,11,17-18H,2-3,6-10H2;1H. The molecule has 0 saturated carbocycles. The molecule has 1 unspecified atom stereocenters. The van der Waals surface area contributed by atoms with Gasteiger partial charge in [-0.05, 0) is 50.4 Å². The van der Waals surface area contributed by atoms with Crippen LogP contribution in [0.4, 0.5) is 0 Å². The molecule has 1 heterocycles. The van der Waals surface area contributed by atoms with Gasteiger partial charge in [-0.2, -0.15) is 0 Å². The molecule has 1 aromatic carbocycles. The van der Waals surface area contributed by atoms with Crippen molar-refractivity contribution in [1.82, 2.24) is 10.0 Å². The summed E-state index contributed by atoms with van der Waals surface area (Å²) in [6, 6.07) is 4.99. The molecule has 1 saturated heterocycles. The van der Waals surface area contributed by atoms with Gasteiger partial charge < -0.3 is 5.32 Å². The van der Waals surface area contributed by atoms with Crippen molar-refractivity contribution in [3.63, 3.8) is 0 Å². The van der Waals surface area contributed by atoms with E-state index < -0.39 is 10.0 Å². The van der Waals surface area contributed by atoms with Crippen molar-refractivity contribution in [1.29, 1.82) is 0 Å². The lowest BCUT2D eigenvalue weighted by atomic mass is 9.96. The summed E-state index contributed by atoms with van der Waals surface area (Å²) in [4.78, 5) is 0. The Labute approximate surface area is 148 Å². The number of hydrogen-bond donors (Lipinski definition) is 2. The number of nitrogens with one attached hydrogen (secondary N) is 2. The van der Waals surface area contributed by atoms with Gasteiger partial charge in [0.25, 0.3) is 0 Å². The zero-order valence-electron chi connectivity index (χ0n) is 12.1. The maximum Gasteiger partial charge on any atom is 0.215 e. The lowest BCUT2D eigenvalue weighted by Gasteiger charge is -2.22. The van der Waals surface area contributed by atoms with E-state index in [0.717, 1.165) is 32.4 Å². The largest absolute Gasteiger partial charge is 0.316 e. The van der Waals surface area contributed by atoms with Crippen LogP contribution in [0.3, 0.4) is 0 Å². The molecule has 0 radical (unpaired) electrons. The van der Waals surface area contributed by atoms with Gasteiger partial charge in [-0.3, -0.25) is 0 Å². The Morgan fingerprint density at radius 2 is 1.95 bits per heavy atom. The van der Waals surface area contributed by atoms with E-state index in [9.17, 15) is 8.42 Å². The predicted octanol–water partition coefficient (Wildman–Crippen LogP) is 3.22. The lowest BCUT2D eigenvalue weighted by molar-refractivity contribution is 0.358. The van der Waals surface area contributed by atoms with Crippen molar-refractivity contribution < 1.29 is 8.42 Å². The molecule has 0 aromatic heterocycles. The number of benzene rings is 1. The Balaban J connectivity index is 0.00000242. The zero-order chi connectivity index (χ0) is 15.3. The fourth-order valence-corrected chi connectivity index (χ4v) is 4.41. The normalized spacial score (nSPS) is 18.7. The molecule has 2 N–H and O–H groups in total. The summed E-state index contributed by atoms with van der Waals surface area (Å²) in [6.45, 7) is 2.49. The molecule has 1 aliphatic rings. The van der Waals surface area contributed by atoms with Gasteiger partial charge in [0.15, 0.2) is 0 Å². The van der Waals surface area contributed by atoms with E-state index in [2.05, 4.69) is 10.0 Å². The van der Waals surface area contributed by atoms with Crippen LogP contribution in [0.5, 0.6) is 0 Å². The van der Waals surface area contributed by atoms with Crippen LogP contribution in [0.1, 0.15) is 24.8 Å². The second-order valence-corrected chi connectivity index (χ2v) is 7.98. The first-order chi connectivity index (χ1) is 9.98. The Morgan fingerprint density at radius 1 is 1.27 bits per heavy atom. The monoisotopic (exact) mass is 386 g/mol. The molecule has 1 atom stereocenters. The molecule has 0 amide bonds. The molecule has 1 aliphatic heterocycles. The summed E-state index contributed by atoms with van der Waals surface area (Å²) in [7, 11) is -3.42. The Bertz CT molecular complexity index is 555. The molecule has 0 aliphatic carbocycles. The fourth-order valence-electron chi connectivity index (χ4n) is 2.50. The molecular formula is C14H21Cl3N2O2S. The minimum absolute atomic E-state index is 0. The van der Waals surface area contributed by atoms with Crippen molar-refractivity contribution >= 4 is 45.6 Å². The molecule has 0 spiro atoms. The van der Waals surface area contributed by atoms with Crippen molar-refractivity contribution in [2.45, 2.75) is 25.0 Å². The summed E-state index contributed by atoms with van der Waals surface area (Å²) in [5, 5.41) is 4.08. The van der Waals surface area contributed by atoms with Crippen molar-refractivity contribution in [3.8, 4) is 0 Å². The first-order valence-electron chi connectivity index (χ1n) is 7.09. The van der Waals surface area contributed by atoms with Crippen LogP contribution >= 0.6 is 35.6 Å². The van der Waals surface area contributed by atoms with Crippen LogP contribution in [-0.4, -0.2) is 28.1 Å². The van der Waals surface area contributed by atoms with Crippen LogP contribution in [0.15, 0.2) is 18.2 Å². The minimum Gasteiger partial charge on any atom is -0.316 e. The van der Waals surface area contributed by atoms with Gasteiger partial charge in [0.05, 0.1) is 5.75 Å². The number of halogens is 3. The smallest absolute Gasteiger partial charge is 0.215 e. The van der Waals surface area contributed by atoms with Crippen LogP contribution < -0.4 is 10.0 Å². The van der Waals surface area contributed by atoms with Crippen LogP contribution in [0.2, 0.25) is 10.0 Å². The number of rotatable bonds is 6. The number of piperidine rings is 1. The number of sulfonamides is 1. The lowest BCUT2D eigenvalue weighted by Crippen LogP contribution is -2.33. The second-order valence-electron chi connectivity index (χ2n) is 5.35. The van der Waals surface area contributed by atoms with E-state index in [-0.39, 0.29) is 18.2 Å². The number of hydrogen-bond acceptors (Lipinski definition) is 3. The highest BCUT2D eigenvalue weighted by Gasteiger charge is 2.18. The van der Waals surface area contributed by atoms with Gasteiger partial charge in [-0.15, -0.1) is 12.4 Å². The Morgan fingerprint density at radius 3 is 2.55 bits per heavy atom. The van der Waals surface area contributed by atoms with Gasteiger partial charge >= 0.3 is 0 Å². The Hall–Kier alpha value is -0.0400. The van der Waals surface area contributed by atoms with Crippen LogP contribution in [-0.2, 0) is 15.8 Å². The molecule has 126 valence electrons. The van der Waals surface area contributed by atoms with Crippen LogP contribution in [0, 0.1) is 5.92 Å². The van der Waals surface area contributed by atoms with Crippen molar-refractivity contribution in [2.24, 2.45) is 5.92 Å². The highest BCUT2D eigenvalue weighted by molar-refractivity contribution is 7.88. The van der Waals surface area contributed by atoms with E-state index in [4.69, 9.17) is 23.2 Å². The molecule has 4 nitrogen and oxygen atoms in total. The van der Waals surface area contributed by atoms with Gasteiger partial charge in [-0.25, -0.2) is 13.1 Å². The second kappa shape index (κ2) is 9.30. The summed E-state index contributed by atoms with van der Waals surface area (Å²) >= 11 is 12.0. The topological polar surface area (TPSA) is 58.2 Å². The SMILES string of the molecule is Cl.O=S(=O)(Cc1c(Cl)cccc1Cl)NCCC1CCCNC1. The van der Waals surface area contributed by atoms with E-state index in [1.165, 1.54) is 0 Å². The molecule has 1 aromatic rings. The van der Waals surface area contributed by atoms with Crippen molar-refractivity contribution in [2.75, 3.05) is 19.6 Å². The average Bonchev–Trinajstić information content (AvgIpc) is 2.44. The summed E-state index contributed by atoms with van der Waals surface area (Å²) in [5.74, 6) is 0.361. The third-order valence-corrected chi connectivity index (χ3v) is 5.69. The summed E-state index contributed by atoms with van der Waals surface area (Å²) in [5.41, 5.74) is 0.452. The fraction of sp³-hybridized carbons (Fsp3) is 0.571. The van der Waals surface area contributed by atoms with Gasteiger partial charge in [0, 0.05) is 22.2 Å². The van der Waals surface area contributed by atoms with Gasteiger partial charge in [0.2, 0.25) is 10.0 Å². The van der Waals surface area contributed by atoms with E-state index in [0.29, 0.717) is 28.1 Å². The third kappa shape index (κ3) is 6.22.